The Balaban J connectivity index is 2.02. The van der Waals surface area contributed by atoms with Crippen LogP contribution in [-0.2, 0) is 12.8 Å². The Bertz CT molecular complexity index is 1050. The molecule has 0 heterocycles. The summed E-state index contributed by atoms with van der Waals surface area (Å²) >= 11 is 0. The largest absolute Gasteiger partial charge is 0.496 e. The molecule has 0 saturated heterocycles. The van der Waals surface area contributed by atoms with Crippen molar-refractivity contribution < 1.29 is 18.9 Å². The molecule has 0 radical (unpaired) electrons. The summed E-state index contributed by atoms with van der Waals surface area (Å²) in [6, 6.07) is 9.05. The van der Waals surface area contributed by atoms with E-state index in [0.717, 1.165) is 74.4 Å². The number of allylic oxidation sites excluding steroid dienone is 4. The van der Waals surface area contributed by atoms with Crippen LogP contribution in [0.15, 0.2) is 48.6 Å². The van der Waals surface area contributed by atoms with Gasteiger partial charge in [0.15, 0.2) is 0 Å². The van der Waals surface area contributed by atoms with Crippen molar-refractivity contribution in [2.75, 3.05) is 28.4 Å². The fourth-order valence-corrected chi connectivity index (χ4v) is 6.84. The smallest absolute Gasteiger partial charge is 0.126 e. The van der Waals surface area contributed by atoms with Crippen molar-refractivity contribution in [3.63, 3.8) is 0 Å². The van der Waals surface area contributed by atoms with Crippen LogP contribution in [0.2, 0.25) is 0 Å². The quantitative estimate of drug-likeness (QED) is 0.253. The van der Waals surface area contributed by atoms with Gasteiger partial charge in [-0.2, -0.15) is 0 Å². The molecule has 0 fully saturated rings. The first-order valence-corrected chi connectivity index (χ1v) is 17.2. The lowest BCUT2D eigenvalue weighted by molar-refractivity contribution is 0.373. The molecular formula is C40H60O4. The first-order chi connectivity index (χ1) is 21.4. The van der Waals surface area contributed by atoms with E-state index in [1.807, 2.05) is 0 Å². The predicted octanol–water partition coefficient (Wildman–Crippen LogP) is 11.0. The van der Waals surface area contributed by atoms with Gasteiger partial charge in [-0.1, -0.05) is 77.7 Å². The van der Waals surface area contributed by atoms with Gasteiger partial charge in [0.1, 0.15) is 23.0 Å². The first-order valence-electron chi connectivity index (χ1n) is 17.2. The Labute approximate surface area is 269 Å². The van der Waals surface area contributed by atoms with E-state index < -0.39 is 0 Å². The molecule has 244 valence electrons. The maximum absolute atomic E-state index is 6.03. The van der Waals surface area contributed by atoms with E-state index in [9.17, 15) is 0 Å². The Morgan fingerprint density at radius 3 is 1.14 bits per heavy atom. The summed E-state index contributed by atoms with van der Waals surface area (Å²) in [6.45, 7) is 9.21. The van der Waals surface area contributed by atoms with Gasteiger partial charge >= 0.3 is 0 Å². The fourth-order valence-electron chi connectivity index (χ4n) is 6.84. The molecule has 0 amide bonds. The van der Waals surface area contributed by atoms with Crippen LogP contribution in [0.3, 0.4) is 0 Å². The van der Waals surface area contributed by atoms with Crippen LogP contribution in [0.25, 0.3) is 0 Å². The lowest BCUT2D eigenvalue weighted by Crippen LogP contribution is -2.08. The van der Waals surface area contributed by atoms with Crippen molar-refractivity contribution in [1.29, 1.82) is 0 Å². The van der Waals surface area contributed by atoms with E-state index in [-0.39, 0.29) is 0 Å². The van der Waals surface area contributed by atoms with Crippen molar-refractivity contribution in [3.05, 3.63) is 70.8 Å². The van der Waals surface area contributed by atoms with Gasteiger partial charge in [0.05, 0.1) is 28.4 Å². The summed E-state index contributed by atoms with van der Waals surface area (Å²) in [5, 5.41) is 0. The number of hydrogen-bond donors (Lipinski definition) is 0. The summed E-state index contributed by atoms with van der Waals surface area (Å²) in [6.07, 6.45) is 22.5. The van der Waals surface area contributed by atoms with Crippen LogP contribution in [0, 0.1) is 11.8 Å². The fraction of sp³-hybridized carbons (Fsp3) is 0.600. The molecule has 2 aromatic carbocycles. The number of unbranched alkanes of at least 4 members (excludes halogenated alkanes) is 2. The Morgan fingerprint density at radius 2 is 0.841 bits per heavy atom. The number of hydrogen-bond acceptors (Lipinski definition) is 4. The maximum atomic E-state index is 6.03. The lowest BCUT2D eigenvalue weighted by Gasteiger charge is -2.24. The molecule has 4 nitrogen and oxygen atoms in total. The van der Waals surface area contributed by atoms with Gasteiger partial charge < -0.3 is 18.9 Å². The van der Waals surface area contributed by atoms with E-state index in [1.54, 1.807) is 28.4 Å². The molecule has 4 aliphatic rings. The normalized spacial score (nSPS) is 22.9. The number of ether oxygens (including phenoxy) is 4. The summed E-state index contributed by atoms with van der Waals surface area (Å²) in [5.74, 6) is 5.60. The van der Waals surface area contributed by atoms with E-state index in [0.29, 0.717) is 23.7 Å². The van der Waals surface area contributed by atoms with Crippen LogP contribution in [0.1, 0.15) is 126 Å². The molecule has 4 heteroatoms. The topological polar surface area (TPSA) is 36.9 Å². The van der Waals surface area contributed by atoms with E-state index in [1.165, 1.54) is 47.9 Å². The third-order valence-electron chi connectivity index (χ3n) is 9.26. The van der Waals surface area contributed by atoms with Crippen molar-refractivity contribution in [2.24, 2.45) is 11.8 Å². The highest BCUT2D eigenvalue weighted by atomic mass is 16.5. The van der Waals surface area contributed by atoms with Gasteiger partial charge in [-0.15, -0.1) is 0 Å². The van der Waals surface area contributed by atoms with Crippen LogP contribution in [0.5, 0.6) is 23.0 Å². The first kappa shape index (κ1) is 35.6. The molecule has 0 spiro atoms. The standard InChI is InChI=1S/C40H60O4/c1-9-11-19-33-21-15-13-17-29(3)24-32-27-37(43-7)40(38(28-32)44-8)34(20-12-10-2)22-16-14-18-30(4)23-31-25-35(41-5)39(33)36(26-31)42-6/h13-16,25-30,33-34H,9-12,17-24H2,1-8H3/b15-13-,16-14-/t29-,30?,33-,34-/m0/s1. The minimum absolute atomic E-state index is 0.361. The molecule has 0 N–H and O–H groups in total. The zero-order chi connectivity index (χ0) is 31.9. The van der Waals surface area contributed by atoms with Crippen LogP contribution in [-0.4, -0.2) is 28.4 Å². The van der Waals surface area contributed by atoms with Crippen molar-refractivity contribution in [1.82, 2.24) is 0 Å². The van der Waals surface area contributed by atoms with Crippen LogP contribution in [0.4, 0.5) is 0 Å². The van der Waals surface area contributed by atoms with E-state index >= 15 is 0 Å². The highest BCUT2D eigenvalue weighted by Gasteiger charge is 2.23. The van der Waals surface area contributed by atoms with Gasteiger partial charge in [0.25, 0.3) is 0 Å². The molecule has 0 saturated carbocycles. The molecule has 4 aliphatic carbocycles. The second kappa shape index (κ2) is 18.8. The summed E-state index contributed by atoms with van der Waals surface area (Å²) in [4.78, 5) is 0. The average Bonchev–Trinajstić information content (AvgIpc) is 3.03. The average molecular weight is 605 g/mol. The molecule has 6 rings (SSSR count). The number of benzene rings is 2. The molecule has 1 unspecified atom stereocenters. The minimum atomic E-state index is 0.361. The van der Waals surface area contributed by atoms with Crippen molar-refractivity contribution in [2.45, 2.75) is 117 Å². The predicted molar refractivity (Wildman–Crippen MR) is 186 cm³/mol. The highest BCUT2D eigenvalue weighted by Crippen LogP contribution is 2.43. The Hall–Kier alpha value is -2.88. The molecule has 4 bridgehead atoms. The Kier molecular flexibility index (Phi) is 15.2. The summed E-state index contributed by atoms with van der Waals surface area (Å²) in [5.41, 5.74) is 4.99. The van der Waals surface area contributed by atoms with Gasteiger partial charge in [-0.05, 0) is 110 Å². The van der Waals surface area contributed by atoms with Crippen molar-refractivity contribution in [3.8, 4) is 23.0 Å². The lowest BCUT2D eigenvalue weighted by atomic mass is 9.86. The summed E-state index contributed by atoms with van der Waals surface area (Å²) < 4.78 is 24.1. The highest BCUT2D eigenvalue weighted by molar-refractivity contribution is 5.52. The molecule has 2 aromatic rings. The SMILES string of the molecule is CCCC[C@H]1C/C=C\C[C@H](C)Cc2cc(OC)c(c(OC)c2)[C@@H](CCCC)C/C=C\CC(C)Cc2cc(OC)c1c(OC)c2. The van der Waals surface area contributed by atoms with Crippen LogP contribution >= 0.6 is 0 Å². The van der Waals surface area contributed by atoms with Gasteiger partial charge in [0, 0.05) is 11.1 Å². The second-order valence-corrected chi connectivity index (χ2v) is 13.0. The zero-order valence-electron chi connectivity index (χ0n) is 29.0. The molecule has 44 heavy (non-hydrogen) atoms. The number of methoxy groups -OCH3 is 4. The minimum Gasteiger partial charge on any atom is -0.496 e. The Morgan fingerprint density at radius 1 is 0.523 bits per heavy atom. The molecular weight excluding hydrogens is 544 g/mol. The van der Waals surface area contributed by atoms with Crippen LogP contribution < -0.4 is 18.9 Å². The number of rotatable bonds is 10. The van der Waals surface area contributed by atoms with Gasteiger partial charge in [-0.25, -0.2) is 0 Å². The second-order valence-electron chi connectivity index (χ2n) is 13.0. The summed E-state index contributed by atoms with van der Waals surface area (Å²) in [7, 11) is 7.21. The van der Waals surface area contributed by atoms with Gasteiger partial charge in [-0.3, -0.25) is 0 Å². The van der Waals surface area contributed by atoms with Gasteiger partial charge in [0.2, 0.25) is 0 Å². The molecule has 0 aromatic heterocycles. The third-order valence-corrected chi connectivity index (χ3v) is 9.26. The van der Waals surface area contributed by atoms with E-state index in [2.05, 4.69) is 76.3 Å². The zero-order valence-corrected chi connectivity index (χ0v) is 29.0. The van der Waals surface area contributed by atoms with E-state index in [4.69, 9.17) is 18.9 Å². The van der Waals surface area contributed by atoms with Crippen molar-refractivity contribution >= 4 is 0 Å². The molecule has 0 aliphatic heterocycles. The maximum Gasteiger partial charge on any atom is 0.126 e. The third kappa shape index (κ3) is 10.1. The monoisotopic (exact) mass is 604 g/mol. The molecule has 4 atom stereocenters.